The molecule has 110 valence electrons. The van der Waals surface area contributed by atoms with E-state index in [2.05, 4.69) is 10.6 Å². The predicted molar refractivity (Wildman–Crippen MR) is 80.9 cm³/mol. The van der Waals surface area contributed by atoms with Gasteiger partial charge >= 0.3 is 0 Å². The first-order valence-electron chi connectivity index (χ1n) is 6.44. The smallest absolute Gasteiger partial charge is 0.250 e. The molecule has 0 heterocycles. The number of amides is 2. The maximum atomic E-state index is 11.7. The molecular weight excluding hydrogens is 278 g/mol. The number of anilines is 1. The predicted octanol–water partition coefficient (Wildman–Crippen LogP) is 2.01. The highest BCUT2D eigenvalue weighted by molar-refractivity contribution is 6.34. The molecule has 1 aromatic rings. The molecule has 0 radical (unpaired) electrons. The van der Waals surface area contributed by atoms with Gasteiger partial charge in [-0.2, -0.15) is 0 Å². The first-order valence-corrected chi connectivity index (χ1v) is 6.81. The van der Waals surface area contributed by atoms with Crippen LogP contribution in [0.3, 0.4) is 0 Å². The zero-order chi connectivity index (χ0) is 15.3. The molecule has 1 atom stereocenters. The van der Waals surface area contributed by atoms with Crippen molar-refractivity contribution in [3.8, 4) is 0 Å². The Hall–Kier alpha value is -1.75. The molecule has 0 aliphatic carbocycles. The van der Waals surface area contributed by atoms with Crippen molar-refractivity contribution in [2.75, 3.05) is 11.9 Å². The molecule has 6 heteroatoms. The summed E-state index contributed by atoms with van der Waals surface area (Å²) in [5, 5.41) is 6.09. The number of primary amides is 1. The number of nitrogens with two attached hydrogens (primary N) is 1. The van der Waals surface area contributed by atoms with Gasteiger partial charge in [0.2, 0.25) is 11.8 Å². The van der Waals surface area contributed by atoms with Crippen LogP contribution in [0.2, 0.25) is 5.02 Å². The van der Waals surface area contributed by atoms with Crippen molar-refractivity contribution in [3.05, 3.63) is 28.8 Å². The fraction of sp³-hybridized carbons (Fsp3) is 0.429. The second kappa shape index (κ2) is 7.14. The van der Waals surface area contributed by atoms with Crippen LogP contribution in [0.5, 0.6) is 0 Å². The van der Waals surface area contributed by atoms with Gasteiger partial charge in [0, 0.05) is 11.7 Å². The summed E-state index contributed by atoms with van der Waals surface area (Å²) in [5.41, 5.74) is 6.08. The van der Waals surface area contributed by atoms with Crippen molar-refractivity contribution >= 4 is 29.1 Å². The third-order valence-electron chi connectivity index (χ3n) is 3.08. The Morgan fingerprint density at radius 1 is 1.30 bits per heavy atom. The number of nitrogens with one attached hydrogen (secondary N) is 2. The van der Waals surface area contributed by atoms with Gasteiger partial charge in [0.05, 0.1) is 17.1 Å². The molecule has 0 saturated heterocycles. The van der Waals surface area contributed by atoms with Gasteiger partial charge in [0.25, 0.3) is 0 Å². The van der Waals surface area contributed by atoms with Gasteiger partial charge in [-0.1, -0.05) is 25.4 Å². The quantitative estimate of drug-likeness (QED) is 0.751. The lowest BCUT2D eigenvalue weighted by Gasteiger charge is -2.17. The third-order valence-corrected chi connectivity index (χ3v) is 3.39. The van der Waals surface area contributed by atoms with Gasteiger partial charge in [0.15, 0.2) is 0 Å². The van der Waals surface area contributed by atoms with E-state index in [1.807, 2.05) is 20.8 Å². The summed E-state index contributed by atoms with van der Waals surface area (Å²) < 4.78 is 0. The fourth-order valence-electron chi connectivity index (χ4n) is 1.48. The molecule has 0 aliphatic rings. The number of halogens is 1. The second-order valence-electron chi connectivity index (χ2n) is 5.01. The molecule has 0 aromatic heterocycles. The lowest BCUT2D eigenvalue weighted by molar-refractivity contribution is -0.120. The van der Waals surface area contributed by atoms with Crippen LogP contribution in [0.1, 0.15) is 31.1 Å². The summed E-state index contributed by atoms with van der Waals surface area (Å²) in [6.07, 6.45) is 0. The standard InChI is InChI=1S/C14H20ClN3O2/c1-8(2)9(3)18-13(19)7-17-10-4-5-11(14(16)20)12(15)6-10/h4-6,8-9,17H,7H2,1-3H3,(H2,16,20)(H,18,19)/t9-/m1/s1. The van der Waals surface area contributed by atoms with Crippen molar-refractivity contribution in [1.82, 2.24) is 5.32 Å². The Labute approximate surface area is 123 Å². The minimum atomic E-state index is -0.579. The third kappa shape index (κ3) is 4.74. The Bertz CT molecular complexity index is 503. The number of benzene rings is 1. The molecule has 0 saturated carbocycles. The second-order valence-corrected chi connectivity index (χ2v) is 5.42. The van der Waals surface area contributed by atoms with Crippen molar-refractivity contribution in [2.45, 2.75) is 26.8 Å². The minimum absolute atomic E-state index is 0.0960. The first kappa shape index (κ1) is 16.3. The van der Waals surface area contributed by atoms with Crippen molar-refractivity contribution in [1.29, 1.82) is 0 Å². The van der Waals surface area contributed by atoms with Crippen LogP contribution in [0, 0.1) is 5.92 Å². The van der Waals surface area contributed by atoms with Crippen LogP contribution in [-0.2, 0) is 4.79 Å². The van der Waals surface area contributed by atoms with E-state index in [1.54, 1.807) is 12.1 Å². The summed E-state index contributed by atoms with van der Waals surface area (Å²) >= 11 is 5.92. The van der Waals surface area contributed by atoms with Gasteiger partial charge in [-0.25, -0.2) is 0 Å². The molecule has 0 spiro atoms. The number of hydrogen-bond acceptors (Lipinski definition) is 3. The molecule has 1 aromatic carbocycles. The summed E-state index contributed by atoms with van der Waals surface area (Å²) in [6, 6.07) is 4.87. The van der Waals surface area contributed by atoms with Crippen LogP contribution < -0.4 is 16.4 Å². The first-order chi connectivity index (χ1) is 9.31. The van der Waals surface area contributed by atoms with E-state index in [1.165, 1.54) is 6.07 Å². The average Bonchev–Trinajstić information content (AvgIpc) is 2.35. The number of carbonyl (C=O) groups excluding carboxylic acids is 2. The van der Waals surface area contributed by atoms with Gasteiger partial charge in [-0.3, -0.25) is 9.59 Å². The summed E-state index contributed by atoms with van der Waals surface area (Å²) in [6.45, 7) is 6.19. The van der Waals surface area contributed by atoms with Crippen molar-refractivity contribution in [3.63, 3.8) is 0 Å². The molecule has 2 amide bonds. The fourth-order valence-corrected chi connectivity index (χ4v) is 1.75. The molecule has 0 aliphatic heterocycles. The molecule has 1 rings (SSSR count). The Morgan fingerprint density at radius 3 is 2.45 bits per heavy atom. The topological polar surface area (TPSA) is 84.2 Å². The molecular formula is C14H20ClN3O2. The molecule has 20 heavy (non-hydrogen) atoms. The van der Waals surface area contributed by atoms with Crippen LogP contribution in [0.25, 0.3) is 0 Å². The van der Waals surface area contributed by atoms with Crippen LogP contribution in [0.15, 0.2) is 18.2 Å². The number of hydrogen-bond donors (Lipinski definition) is 3. The van der Waals surface area contributed by atoms with E-state index in [0.717, 1.165) is 0 Å². The van der Waals surface area contributed by atoms with E-state index in [9.17, 15) is 9.59 Å². The maximum Gasteiger partial charge on any atom is 0.250 e. The SMILES string of the molecule is CC(C)[C@@H](C)NC(=O)CNc1ccc(C(N)=O)c(Cl)c1. The van der Waals surface area contributed by atoms with E-state index < -0.39 is 5.91 Å². The zero-order valence-electron chi connectivity index (χ0n) is 11.9. The van der Waals surface area contributed by atoms with Crippen LogP contribution in [-0.4, -0.2) is 24.4 Å². The summed E-state index contributed by atoms with van der Waals surface area (Å²) in [7, 11) is 0. The van der Waals surface area contributed by atoms with E-state index in [-0.39, 0.29) is 29.1 Å². The summed E-state index contributed by atoms with van der Waals surface area (Å²) in [4.78, 5) is 22.7. The monoisotopic (exact) mass is 297 g/mol. The number of rotatable bonds is 6. The van der Waals surface area contributed by atoms with Crippen molar-refractivity contribution in [2.24, 2.45) is 11.7 Å². The zero-order valence-corrected chi connectivity index (χ0v) is 12.6. The highest BCUT2D eigenvalue weighted by Crippen LogP contribution is 2.20. The van der Waals surface area contributed by atoms with E-state index in [0.29, 0.717) is 11.6 Å². The normalized spacial score (nSPS) is 12.1. The highest BCUT2D eigenvalue weighted by atomic mass is 35.5. The lowest BCUT2D eigenvalue weighted by Crippen LogP contribution is -2.39. The van der Waals surface area contributed by atoms with Crippen LogP contribution in [0.4, 0.5) is 5.69 Å². The molecule has 0 bridgehead atoms. The molecule has 4 N–H and O–H groups in total. The lowest BCUT2D eigenvalue weighted by atomic mass is 10.1. The average molecular weight is 298 g/mol. The molecule has 0 fully saturated rings. The Balaban J connectivity index is 2.56. The highest BCUT2D eigenvalue weighted by Gasteiger charge is 2.11. The maximum absolute atomic E-state index is 11.7. The Morgan fingerprint density at radius 2 is 1.95 bits per heavy atom. The van der Waals surface area contributed by atoms with E-state index in [4.69, 9.17) is 17.3 Å². The van der Waals surface area contributed by atoms with Crippen molar-refractivity contribution < 1.29 is 9.59 Å². The van der Waals surface area contributed by atoms with E-state index >= 15 is 0 Å². The summed E-state index contributed by atoms with van der Waals surface area (Å²) in [5.74, 6) is -0.297. The minimum Gasteiger partial charge on any atom is -0.376 e. The largest absolute Gasteiger partial charge is 0.376 e. The van der Waals surface area contributed by atoms with Gasteiger partial charge in [-0.05, 0) is 31.0 Å². The molecule has 5 nitrogen and oxygen atoms in total. The van der Waals surface area contributed by atoms with Gasteiger partial charge < -0.3 is 16.4 Å². The number of carbonyl (C=O) groups is 2. The molecule has 0 unspecified atom stereocenters. The van der Waals surface area contributed by atoms with Gasteiger partial charge in [-0.15, -0.1) is 0 Å². The van der Waals surface area contributed by atoms with Gasteiger partial charge in [0.1, 0.15) is 0 Å². The van der Waals surface area contributed by atoms with Crippen LogP contribution >= 0.6 is 11.6 Å². The Kier molecular flexibility index (Phi) is 5.82.